The standard InChI is InChI=1S/C24H25ClFN5O2/c25-20-3-1-2-4-21(20)29-24(32)31(14-10-17-5-7-18(26)8-6-17)22-9-13-27-23(30-22)28-19-11-15-33-16-12-19/h1-9,13,19H,10-12,14-16H2,(H,29,32)(H,27,28,30). The summed E-state index contributed by atoms with van der Waals surface area (Å²) in [4.78, 5) is 23.7. The van der Waals surface area contributed by atoms with Gasteiger partial charge in [0.15, 0.2) is 0 Å². The Balaban J connectivity index is 1.54. The summed E-state index contributed by atoms with van der Waals surface area (Å²) in [5, 5.41) is 6.62. The Hall–Kier alpha value is -3.23. The second-order valence-electron chi connectivity index (χ2n) is 7.71. The Kier molecular flexibility index (Phi) is 7.70. The van der Waals surface area contributed by atoms with Crippen LogP contribution >= 0.6 is 11.6 Å². The summed E-state index contributed by atoms with van der Waals surface area (Å²) in [6, 6.07) is 14.8. The van der Waals surface area contributed by atoms with Crippen molar-refractivity contribution in [3.63, 3.8) is 0 Å². The monoisotopic (exact) mass is 469 g/mol. The lowest BCUT2D eigenvalue weighted by Crippen LogP contribution is -2.37. The van der Waals surface area contributed by atoms with Gasteiger partial charge in [0.1, 0.15) is 11.6 Å². The zero-order valence-electron chi connectivity index (χ0n) is 18.0. The van der Waals surface area contributed by atoms with Crippen molar-refractivity contribution >= 4 is 35.1 Å². The van der Waals surface area contributed by atoms with Gasteiger partial charge in [0.2, 0.25) is 5.95 Å². The number of hydrogen-bond donors (Lipinski definition) is 2. The molecule has 3 aromatic rings. The van der Waals surface area contributed by atoms with E-state index in [1.54, 1.807) is 48.7 Å². The molecule has 1 aliphatic rings. The highest BCUT2D eigenvalue weighted by Gasteiger charge is 2.20. The number of rotatable bonds is 7. The van der Waals surface area contributed by atoms with Crippen molar-refractivity contribution < 1.29 is 13.9 Å². The number of nitrogens with zero attached hydrogens (tertiary/aromatic N) is 3. The fourth-order valence-electron chi connectivity index (χ4n) is 3.55. The van der Waals surface area contributed by atoms with E-state index in [0.717, 1.165) is 18.4 Å². The Morgan fingerprint density at radius 1 is 1.12 bits per heavy atom. The third-order valence-electron chi connectivity index (χ3n) is 5.37. The van der Waals surface area contributed by atoms with Crippen LogP contribution in [-0.2, 0) is 11.2 Å². The van der Waals surface area contributed by atoms with Crippen molar-refractivity contribution in [3.8, 4) is 0 Å². The van der Waals surface area contributed by atoms with Gasteiger partial charge in [0, 0.05) is 32.0 Å². The van der Waals surface area contributed by atoms with Crippen molar-refractivity contribution in [2.24, 2.45) is 0 Å². The zero-order chi connectivity index (χ0) is 23.0. The number of hydrogen-bond acceptors (Lipinski definition) is 5. The Morgan fingerprint density at radius 3 is 2.64 bits per heavy atom. The predicted molar refractivity (Wildman–Crippen MR) is 127 cm³/mol. The molecule has 33 heavy (non-hydrogen) atoms. The Labute approximate surface area is 197 Å². The number of nitrogens with one attached hydrogen (secondary N) is 2. The molecule has 9 heteroatoms. The van der Waals surface area contributed by atoms with Gasteiger partial charge in [0.25, 0.3) is 0 Å². The summed E-state index contributed by atoms with van der Waals surface area (Å²) in [5.41, 5.74) is 1.41. The van der Waals surface area contributed by atoms with Crippen LogP contribution in [0.25, 0.3) is 0 Å². The van der Waals surface area contributed by atoms with Crippen LogP contribution in [0.3, 0.4) is 0 Å². The summed E-state index contributed by atoms with van der Waals surface area (Å²) in [6.07, 6.45) is 3.88. The van der Waals surface area contributed by atoms with Gasteiger partial charge < -0.3 is 15.4 Å². The highest BCUT2D eigenvalue weighted by atomic mass is 35.5. The van der Waals surface area contributed by atoms with Crippen molar-refractivity contribution in [1.29, 1.82) is 0 Å². The molecule has 0 radical (unpaired) electrons. The van der Waals surface area contributed by atoms with E-state index < -0.39 is 0 Å². The average molecular weight is 470 g/mol. The minimum atomic E-state index is -0.374. The maximum Gasteiger partial charge on any atom is 0.327 e. The molecule has 2 aromatic carbocycles. The third kappa shape index (κ3) is 6.40. The fourth-order valence-corrected chi connectivity index (χ4v) is 3.73. The molecule has 1 aliphatic heterocycles. The minimum Gasteiger partial charge on any atom is -0.381 e. The predicted octanol–water partition coefficient (Wildman–Crippen LogP) is 5.14. The van der Waals surface area contributed by atoms with E-state index in [2.05, 4.69) is 20.6 Å². The average Bonchev–Trinajstić information content (AvgIpc) is 2.83. The summed E-state index contributed by atoms with van der Waals surface area (Å²) >= 11 is 6.23. The van der Waals surface area contributed by atoms with Crippen LogP contribution < -0.4 is 15.5 Å². The number of aromatic nitrogens is 2. The fraction of sp³-hybridized carbons (Fsp3) is 0.292. The minimum absolute atomic E-state index is 0.221. The molecule has 2 amide bonds. The van der Waals surface area contributed by atoms with Crippen LogP contribution in [0.1, 0.15) is 18.4 Å². The number of ether oxygens (including phenoxy) is 1. The van der Waals surface area contributed by atoms with Crippen LogP contribution in [0.4, 0.5) is 26.6 Å². The first-order valence-corrected chi connectivity index (χ1v) is 11.2. The number of carbonyl (C=O) groups is 1. The number of halogens is 2. The smallest absolute Gasteiger partial charge is 0.327 e. The lowest BCUT2D eigenvalue weighted by molar-refractivity contribution is 0.0903. The van der Waals surface area contributed by atoms with Crippen molar-refractivity contribution in [3.05, 3.63) is 77.2 Å². The van der Waals surface area contributed by atoms with Crippen molar-refractivity contribution in [1.82, 2.24) is 9.97 Å². The van der Waals surface area contributed by atoms with Gasteiger partial charge in [0.05, 0.1) is 10.7 Å². The second-order valence-corrected chi connectivity index (χ2v) is 8.11. The number of para-hydroxylation sites is 1. The molecule has 1 fully saturated rings. The molecule has 1 saturated heterocycles. The Morgan fingerprint density at radius 2 is 1.88 bits per heavy atom. The lowest BCUT2D eigenvalue weighted by Gasteiger charge is -2.25. The summed E-state index contributed by atoms with van der Waals surface area (Å²) in [7, 11) is 0. The molecule has 4 rings (SSSR count). The molecule has 0 saturated carbocycles. The molecular formula is C24H25ClFN5O2. The molecule has 1 aromatic heterocycles. The topological polar surface area (TPSA) is 79.4 Å². The van der Waals surface area contributed by atoms with Gasteiger partial charge in [-0.3, -0.25) is 4.90 Å². The molecule has 7 nitrogen and oxygen atoms in total. The quantitative estimate of drug-likeness (QED) is 0.500. The summed E-state index contributed by atoms with van der Waals surface area (Å²) in [5.74, 6) is 0.606. The number of benzene rings is 2. The van der Waals surface area contributed by atoms with Crippen molar-refractivity contribution in [2.75, 3.05) is 35.3 Å². The normalized spacial score (nSPS) is 14.0. The first-order chi connectivity index (χ1) is 16.1. The highest BCUT2D eigenvalue weighted by Crippen LogP contribution is 2.23. The molecule has 2 N–H and O–H groups in total. The maximum absolute atomic E-state index is 13.3. The summed E-state index contributed by atoms with van der Waals surface area (Å²) in [6.45, 7) is 1.72. The van der Waals surface area contributed by atoms with Crippen LogP contribution in [0.2, 0.25) is 5.02 Å². The number of anilines is 3. The van der Waals surface area contributed by atoms with Gasteiger partial charge in [-0.2, -0.15) is 4.98 Å². The van der Waals surface area contributed by atoms with Crippen LogP contribution in [0.5, 0.6) is 0 Å². The number of carbonyl (C=O) groups excluding carboxylic acids is 1. The van der Waals surface area contributed by atoms with E-state index in [0.29, 0.717) is 48.7 Å². The van der Waals surface area contributed by atoms with E-state index in [1.807, 2.05) is 0 Å². The van der Waals surface area contributed by atoms with Crippen LogP contribution in [0, 0.1) is 5.82 Å². The first-order valence-electron chi connectivity index (χ1n) is 10.8. The molecular weight excluding hydrogens is 445 g/mol. The molecule has 0 aliphatic carbocycles. The van der Waals surface area contributed by atoms with Gasteiger partial charge in [-0.25, -0.2) is 14.2 Å². The van der Waals surface area contributed by atoms with Gasteiger partial charge in [-0.1, -0.05) is 35.9 Å². The van der Waals surface area contributed by atoms with Crippen molar-refractivity contribution in [2.45, 2.75) is 25.3 Å². The van der Waals surface area contributed by atoms with E-state index >= 15 is 0 Å². The van der Waals surface area contributed by atoms with E-state index in [9.17, 15) is 9.18 Å². The molecule has 2 heterocycles. The van der Waals surface area contributed by atoms with Crippen LogP contribution in [-0.4, -0.2) is 41.8 Å². The summed E-state index contributed by atoms with van der Waals surface area (Å²) < 4.78 is 18.7. The van der Waals surface area contributed by atoms with Crippen LogP contribution in [0.15, 0.2) is 60.8 Å². The first kappa shape index (κ1) is 22.9. The lowest BCUT2D eigenvalue weighted by atomic mass is 10.1. The molecule has 0 spiro atoms. The van der Waals surface area contributed by atoms with Gasteiger partial charge >= 0.3 is 6.03 Å². The zero-order valence-corrected chi connectivity index (χ0v) is 18.8. The Bertz CT molecular complexity index is 1080. The van der Waals surface area contributed by atoms with E-state index in [-0.39, 0.29) is 17.9 Å². The largest absolute Gasteiger partial charge is 0.381 e. The number of urea groups is 1. The SMILES string of the molecule is O=C(Nc1ccccc1Cl)N(CCc1ccc(F)cc1)c1ccnc(NC2CCOCC2)n1. The third-order valence-corrected chi connectivity index (χ3v) is 5.70. The van der Waals surface area contributed by atoms with E-state index in [1.165, 1.54) is 17.0 Å². The molecule has 0 atom stereocenters. The highest BCUT2D eigenvalue weighted by molar-refractivity contribution is 6.33. The maximum atomic E-state index is 13.3. The second kappa shape index (κ2) is 11.1. The number of amides is 2. The molecule has 0 unspecified atom stereocenters. The van der Waals surface area contributed by atoms with Gasteiger partial charge in [-0.05, 0) is 55.2 Å². The van der Waals surface area contributed by atoms with Gasteiger partial charge in [-0.15, -0.1) is 0 Å². The molecule has 172 valence electrons. The molecule has 0 bridgehead atoms. The van der Waals surface area contributed by atoms with E-state index in [4.69, 9.17) is 16.3 Å².